The lowest BCUT2D eigenvalue weighted by Gasteiger charge is -2.28. The van der Waals surface area contributed by atoms with Crippen LogP contribution in [0, 0.1) is 0 Å². The second-order valence-electron chi connectivity index (χ2n) is 5.98. The van der Waals surface area contributed by atoms with Gasteiger partial charge in [-0.2, -0.15) is 13.2 Å². The van der Waals surface area contributed by atoms with Crippen molar-refractivity contribution >= 4 is 11.8 Å². The van der Waals surface area contributed by atoms with Crippen LogP contribution in [0.1, 0.15) is 30.9 Å². The molecule has 0 radical (unpaired) electrons. The fourth-order valence-corrected chi connectivity index (χ4v) is 2.87. The minimum absolute atomic E-state index is 0.0393. The first-order valence-electron chi connectivity index (χ1n) is 8.28. The van der Waals surface area contributed by atoms with Crippen LogP contribution in [-0.2, 0) is 9.59 Å². The highest BCUT2D eigenvalue weighted by Gasteiger charge is 2.38. The van der Waals surface area contributed by atoms with Gasteiger partial charge in [0.25, 0.3) is 0 Å². The van der Waals surface area contributed by atoms with Crippen molar-refractivity contribution in [1.82, 2.24) is 15.5 Å². The maximum absolute atomic E-state index is 12.1. The van der Waals surface area contributed by atoms with E-state index in [-0.39, 0.29) is 24.9 Å². The minimum atomic E-state index is -4.93. The quantitative estimate of drug-likeness (QED) is 0.785. The second kappa shape index (κ2) is 8.84. The third-order valence-corrected chi connectivity index (χ3v) is 4.15. The molecule has 0 aliphatic carbocycles. The van der Waals surface area contributed by atoms with Crippen molar-refractivity contribution in [2.24, 2.45) is 0 Å². The lowest BCUT2D eigenvalue weighted by molar-refractivity contribution is -0.173. The lowest BCUT2D eigenvalue weighted by atomic mass is 10.1. The number of amides is 2. The zero-order chi connectivity index (χ0) is 18.3. The molecule has 1 unspecified atom stereocenters. The fraction of sp³-hybridized carbons (Fsp3) is 0.529. The highest BCUT2D eigenvalue weighted by Crippen LogP contribution is 2.24. The Morgan fingerprint density at radius 3 is 2.32 bits per heavy atom. The molecule has 1 saturated heterocycles. The monoisotopic (exact) mass is 357 g/mol. The van der Waals surface area contributed by atoms with E-state index in [1.54, 1.807) is 5.32 Å². The van der Waals surface area contributed by atoms with Crippen LogP contribution < -0.4 is 10.6 Å². The highest BCUT2D eigenvalue weighted by molar-refractivity contribution is 5.82. The molecule has 0 saturated carbocycles. The average molecular weight is 357 g/mol. The first-order valence-corrected chi connectivity index (χ1v) is 8.28. The van der Waals surface area contributed by atoms with E-state index >= 15 is 0 Å². The van der Waals surface area contributed by atoms with Crippen LogP contribution in [0.25, 0.3) is 0 Å². The van der Waals surface area contributed by atoms with Gasteiger partial charge in [0, 0.05) is 19.5 Å². The van der Waals surface area contributed by atoms with Gasteiger partial charge in [-0.05, 0) is 31.5 Å². The van der Waals surface area contributed by atoms with E-state index in [2.05, 4.69) is 10.2 Å². The third-order valence-electron chi connectivity index (χ3n) is 4.15. The molecular weight excluding hydrogens is 335 g/mol. The van der Waals surface area contributed by atoms with Crippen LogP contribution in [0.2, 0.25) is 0 Å². The van der Waals surface area contributed by atoms with Crippen molar-refractivity contribution in [3.8, 4) is 0 Å². The van der Waals surface area contributed by atoms with Crippen LogP contribution in [0.15, 0.2) is 30.3 Å². The van der Waals surface area contributed by atoms with E-state index in [9.17, 15) is 22.8 Å². The summed E-state index contributed by atoms with van der Waals surface area (Å²) in [7, 11) is 0. The molecule has 2 N–H and O–H groups in total. The molecule has 25 heavy (non-hydrogen) atoms. The molecule has 1 heterocycles. The van der Waals surface area contributed by atoms with Crippen LogP contribution in [-0.4, -0.2) is 49.1 Å². The van der Waals surface area contributed by atoms with Gasteiger partial charge in [0.2, 0.25) is 5.91 Å². The molecule has 1 fully saturated rings. The Hall–Kier alpha value is -2.09. The molecule has 1 atom stereocenters. The first kappa shape index (κ1) is 19.2. The topological polar surface area (TPSA) is 61.4 Å². The van der Waals surface area contributed by atoms with E-state index in [4.69, 9.17) is 0 Å². The Kier molecular flexibility index (Phi) is 6.81. The second-order valence-corrected chi connectivity index (χ2v) is 5.98. The number of nitrogens with one attached hydrogen (secondary N) is 2. The highest BCUT2D eigenvalue weighted by atomic mass is 19.4. The van der Waals surface area contributed by atoms with E-state index in [1.165, 1.54) is 0 Å². The van der Waals surface area contributed by atoms with E-state index in [0.717, 1.165) is 31.5 Å². The molecule has 8 heteroatoms. The zero-order valence-electron chi connectivity index (χ0n) is 13.8. The Morgan fingerprint density at radius 2 is 1.72 bits per heavy atom. The van der Waals surface area contributed by atoms with Crippen LogP contribution >= 0.6 is 0 Å². The summed E-state index contributed by atoms with van der Waals surface area (Å²) in [5, 5.41) is 4.45. The van der Waals surface area contributed by atoms with Gasteiger partial charge in [-0.1, -0.05) is 30.3 Å². The Morgan fingerprint density at radius 1 is 1.08 bits per heavy atom. The van der Waals surface area contributed by atoms with Crippen molar-refractivity contribution in [2.45, 2.75) is 31.5 Å². The summed E-state index contributed by atoms with van der Waals surface area (Å²) in [6.45, 7) is 1.95. The molecule has 1 aliphatic heterocycles. The fourth-order valence-electron chi connectivity index (χ4n) is 2.87. The van der Waals surface area contributed by atoms with Crippen molar-refractivity contribution in [3.05, 3.63) is 35.9 Å². The molecule has 0 aromatic heterocycles. The van der Waals surface area contributed by atoms with Gasteiger partial charge in [0.1, 0.15) is 0 Å². The minimum Gasteiger partial charge on any atom is -0.354 e. The summed E-state index contributed by atoms with van der Waals surface area (Å²) in [6.07, 6.45) is -2.89. The maximum Gasteiger partial charge on any atom is 0.471 e. The lowest BCUT2D eigenvalue weighted by Crippen LogP contribution is -2.40. The summed E-state index contributed by atoms with van der Waals surface area (Å²) in [6, 6.07) is 9.83. The average Bonchev–Trinajstić information content (AvgIpc) is 3.09. The van der Waals surface area contributed by atoms with E-state index in [1.807, 2.05) is 30.3 Å². The van der Waals surface area contributed by atoms with E-state index < -0.39 is 12.1 Å². The summed E-state index contributed by atoms with van der Waals surface area (Å²) >= 11 is 0. The Bertz CT molecular complexity index is 572. The van der Waals surface area contributed by atoms with Gasteiger partial charge < -0.3 is 10.6 Å². The number of halogens is 3. The maximum atomic E-state index is 12.1. The number of rotatable bonds is 7. The predicted molar refractivity (Wildman–Crippen MR) is 86.7 cm³/mol. The first-order chi connectivity index (χ1) is 11.9. The van der Waals surface area contributed by atoms with Gasteiger partial charge >= 0.3 is 12.1 Å². The van der Waals surface area contributed by atoms with Crippen molar-refractivity contribution in [2.75, 3.05) is 26.2 Å². The molecule has 138 valence electrons. The van der Waals surface area contributed by atoms with Crippen LogP contribution in [0.3, 0.4) is 0 Å². The third kappa shape index (κ3) is 6.04. The summed E-state index contributed by atoms with van der Waals surface area (Å²) in [5.74, 6) is -2.41. The smallest absolute Gasteiger partial charge is 0.354 e. The van der Waals surface area contributed by atoms with Gasteiger partial charge in [-0.25, -0.2) is 0 Å². The van der Waals surface area contributed by atoms with Gasteiger partial charge in [-0.15, -0.1) is 0 Å². The molecule has 2 amide bonds. The molecule has 1 aliphatic rings. The number of carbonyl (C=O) groups is 2. The van der Waals surface area contributed by atoms with Gasteiger partial charge in [0.15, 0.2) is 0 Å². The van der Waals surface area contributed by atoms with Crippen LogP contribution in [0.5, 0.6) is 0 Å². The van der Waals surface area contributed by atoms with Gasteiger partial charge in [-0.3, -0.25) is 14.5 Å². The summed E-state index contributed by atoms with van der Waals surface area (Å²) in [4.78, 5) is 24.9. The summed E-state index contributed by atoms with van der Waals surface area (Å²) in [5.41, 5.74) is 1.09. The van der Waals surface area contributed by atoms with E-state index in [0.29, 0.717) is 6.54 Å². The molecule has 0 bridgehead atoms. The predicted octanol–water partition coefficient (Wildman–Crippen LogP) is 2.01. The normalized spacial score (nSPS) is 16.4. The molecule has 5 nitrogen and oxygen atoms in total. The molecular formula is C17H22F3N3O2. The van der Waals surface area contributed by atoms with Crippen molar-refractivity contribution in [1.29, 1.82) is 0 Å². The summed E-state index contributed by atoms with van der Waals surface area (Å²) < 4.78 is 36.2. The Balaban J connectivity index is 1.82. The Labute approximate surface area is 144 Å². The number of hydrogen-bond acceptors (Lipinski definition) is 3. The number of hydrogen-bond donors (Lipinski definition) is 2. The molecule has 1 aromatic rings. The van der Waals surface area contributed by atoms with Crippen molar-refractivity contribution in [3.63, 3.8) is 0 Å². The largest absolute Gasteiger partial charge is 0.471 e. The zero-order valence-corrected chi connectivity index (χ0v) is 13.8. The van der Waals surface area contributed by atoms with Gasteiger partial charge in [0.05, 0.1) is 6.04 Å². The molecule has 1 aromatic carbocycles. The number of nitrogens with zero attached hydrogens (tertiary/aromatic N) is 1. The standard InChI is InChI=1S/C17H22F3N3O2/c18-17(19,20)16(25)21-9-8-15(24)22-12-14(23-10-4-5-11-23)13-6-2-1-3-7-13/h1-3,6-7,14H,4-5,8-12H2,(H,21,25)(H,22,24). The van der Waals surface area contributed by atoms with Crippen molar-refractivity contribution < 1.29 is 22.8 Å². The SMILES string of the molecule is O=C(CCNC(=O)C(F)(F)F)NCC(c1ccccc1)N1CCCC1. The molecule has 0 spiro atoms. The molecule has 2 rings (SSSR count). The number of benzene rings is 1. The number of likely N-dealkylation sites (tertiary alicyclic amines) is 1. The van der Waals surface area contributed by atoms with Crippen LogP contribution in [0.4, 0.5) is 13.2 Å². The number of carbonyl (C=O) groups excluding carboxylic acids is 2. The number of alkyl halides is 3.